The van der Waals surface area contributed by atoms with E-state index in [1.807, 2.05) is 0 Å². The maximum atomic E-state index is 12.3. The molecule has 2 rings (SSSR count). The number of benzene rings is 1. The van der Waals surface area contributed by atoms with Crippen LogP contribution < -0.4 is 15.8 Å². The number of ether oxygens (including phenoxy) is 1. The van der Waals surface area contributed by atoms with Gasteiger partial charge in [-0.3, -0.25) is 14.7 Å². The first kappa shape index (κ1) is 14.6. The molecule has 1 aromatic heterocycles. The van der Waals surface area contributed by atoms with Gasteiger partial charge in [-0.25, -0.2) is 0 Å². The topological polar surface area (TPSA) is 110 Å². The average Bonchev–Trinajstić information content (AvgIpc) is 2.78. The number of H-pyrrole nitrogens is 1. The second-order valence-electron chi connectivity index (χ2n) is 4.54. The predicted octanol–water partition coefficient (Wildman–Crippen LogP) is 1.39. The number of amides is 2. The molecular formula is C14H16N4O3. The van der Waals surface area contributed by atoms with E-state index in [9.17, 15) is 9.59 Å². The molecule has 4 N–H and O–H groups in total. The molecule has 0 atom stereocenters. The molecule has 2 aromatic rings. The molecule has 0 fully saturated rings. The molecule has 2 amide bonds. The summed E-state index contributed by atoms with van der Waals surface area (Å²) < 4.78 is 5.17. The summed E-state index contributed by atoms with van der Waals surface area (Å²) in [5.74, 6) is -0.477. The van der Waals surface area contributed by atoms with Gasteiger partial charge in [0.05, 0.1) is 24.1 Å². The van der Waals surface area contributed by atoms with Crippen molar-refractivity contribution in [3.63, 3.8) is 0 Å². The Bertz CT molecular complexity index is 687. The molecule has 0 aliphatic heterocycles. The van der Waals surface area contributed by atoms with Crippen LogP contribution in [0, 0.1) is 13.8 Å². The lowest BCUT2D eigenvalue weighted by atomic mass is 10.1. The minimum atomic E-state index is -0.580. The van der Waals surface area contributed by atoms with Crippen molar-refractivity contribution in [3.8, 4) is 5.75 Å². The Morgan fingerprint density at radius 2 is 2.05 bits per heavy atom. The van der Waals surface area contributed by atoms with Gasteiger partial charge in [0.2, 0.25) is 5.91 Å². The standard InChI is InChI=1S/C14H16N4O3/c1-7-12(8(2)18-17-7)14(20)16-10-6-9(13(15)19)4-5-11(10)21-3/h4-6H,1-3H3,(H2,15,19)(H,16,20)(H,17,18). The summed E-state index contributed by atoms with van der Waals surface area (Å²) in [5.41, 5.74) is 7.61. The Morgan fingerprint density at radius 1 is 1.33 bits per heavy atom. The molecule has 1 heterocycles. The number of carbonyl (C=O) groups excluding carboxylic acids is 2. The molecule has 21 heavy (non-hydrogen) atoms. The third kappa shape index (κ3) is 2.86. The SMILES string of the molecule is COc1ccc(C(N)=O)cc1NC(=O)c1c(C)n[nH]c1C. The number of anilines is 1. The fraction of sp³-hybridized carbons (Fsp3) is 0.214. The highest BCUT2D eigenvalue weighted by molar-refractivity contribution is 6.07. The van der Waals surface area contributed by atoms with Gasteiger partial charge in [-0.2, -0.15) is 5.10 Å². The molecule has 7 nitrogen and oxygen atoms in total. The summed E-state index contributed by atoms with van der Waals surface area (Å²) in [6, 6.07) is 4.58. The lowest BCUT2D eigenvalue weighted by Gasteiger charge is -2.11. The van der Waals surface area contributed by atoms with Crippen LogP contribution in [0.3, 0.4) is 0 Å². The number of carbonyl (C=O) groups is 2. The van der Waals surface area contributed by atoms with E-state index in [1.54, 1.807) is 19.9 Å². The first-order valence-electron chi connectivity index (χ1n) is 6.24. The van der Waals surface area contributed by atoms with E-state index in [1.165, 1.54) is 19.2 Å². The van der Waals surface area contributed by atoms with Crippen molar-refractivity contribution < 1.29 is 14.3 Å². The Hall–Kier alpha value is -2.83. The molecule has 0 aliphatic rings. The van der Waals surface area contributed by atoms with Gasteiger partial charge < -0.3 is 15.8 Å². The summed E-state index contributed by atoms with van der Waals surface area (Å²) in [6.45, 7) is 3.49. The second-order valence-corrected chi connectivity index (χ2v) is 4.54. The Labute approximate surface area is 121 Å². The lowest BCUT2D eigenvalue weighted by Crippen LogP contribution is -2.16. The Kier molecular flexibility index (Phi) is 3.93. The van der Waals surface area contributed by atoms with Crippen LogP contribution >= 0.6 is 0 Å². The van der Waals surface area contributed by atoms with Crippen LogP contribution in [-0.4, -0.2) is 29.1 Å². The maximum Gasteiger partial charge on any atom is 0.259 e. The number of rotatable bonds is 4. The van der Waals surface area contributed by atoms with Crippen molar-refractivity contribution in [2.75, 3.05) is 12.4 Å². The zero-order valence-corrected chi connectivity index (χ0v) is 12.0. The zero-order chi connectivity index (χ0) is 15.6. The largest absolute Gasteiger partial charge is 0.495 e. The number of hydrogen-bond acceptors (Lipinski definition) is 4. The summed E-state index contributed by atoms with van der Waals surface area (Å²) in [7, 11) is 1.48. The minimum Gasteiger partial charge on any atom is -0.495 e. The Balaban J connectivity index is 2.36. The van der Waals surface area contributed by atoms with Crippen LogP contribution in [0.15, 0.2) is 18.2 Å². The van der Waals surface area contributed by atoms with E-state index in [2.05, 4.69) is 15.5 Å². The highest BCUT2D eigenvalue weighted by Crippen LogP contribution is 2.26. The Morgan fingerprint density at radius 3 is 2.57 bits per heavy atom. The molecule has 0 unspecified atom stereocenters. The maximum absolute atomic E-state index is 12.3. The molecule has 110 valence electrons. The molecule has 0 aliphatic carbocycles. The third-order valence-electron chi connectivity index (χ3n) is 3.09. The van der Waals surface area contributed by atoms with E-state index in [-0.39, 0.29) is 11.5 Å². The van der Waals surface area contributed by atoms with E-state index in [0.717, 1.165) is 0 Å². The van der Waals surface area contributed by atoms with E-state index in [0.29, 0.717) is 28.4 Å². The first-order chi connectivity index (χ1) is 9.93. The number of aromatic nitrogens is 2. The summed E-state index contributed by atoms with van der Waals surface area (Å²) in [4.78, 5) is 23.6. The quantitative estimate of drug-likeness (QED) is 0.789. The van der Waals surface area contributed by atoms with Gasteiger partial charge in [-0.05, 0) is 32.0 Å². The monoisotopic (exact) mass is 288 g/mol. The zero-order valence-electron chi connectivity index (χ0n) is 12.0. The molecule has 1 aromatic carbocycles. The third-order valence-corrected chi connectivity index (χ3v) is 3.09. The van der Waals surface area contributed by atoms with Crippen LogP contribution in [0.2, 0.25) is 0 Å². The fourth-order valence-electron chi connectivity index (χ4n) is 2.03. The van der Waals surface area contributed by atoms with Crippen molar-refractivity contribution in [3.05, 3.63) is 40.7 Å². The van der Waals surface area contributed by atoms with E-state index in [4.69, 9.17) is 10.5 Å². The average molecular weight is 288 g/mol. The van der Waals surface area contributed by atoms with Gasteiger partial charge in [0, 0.05) is 11.3 Å². The molecule has 0 saturated carbocycles. The van der Waals surface area contributed by atoms with Gasteiger partial charge in [-0.15, -0.1) is 0 Å². The minimum absolute atomic E-state index is 0.284. The number of nitrogens with zero attached hydrogens (tertiary/aromatic N) is 1. The second kappa shape index (κ2) is 5.66. The number of primary amides is 1. The number of nitrogens with one attached hydrogen (secondary N) is 2. The van der Waals surface area contributed by atoms with Crippen molar-refractivity contribution in [1.82, 2.24) is 10.2 Å². The van der Waals surface area contributed by atoms with Crippen LogP contribution in [-0.2, 0) is 0 Å². The van der Waals surface area contributed by atoms with Crippen LogP contribution in [0.25, 0.3) is 0 Å². The van der Waals surface area contributed by atoms with Gasteiger partial charge in [0.25, 0.3) is 5.91 Å². The highest BCUT2D eigenvalue weighted by Gasteiger charge is 2.17. The molecule has 0 saturated heterocycles. The first-order valence-corrected chi connectivity index (χ1v) is 6.24. The molecule has 0 bridgehead atoms. The smallest absolute Gasteiger partial charge is 0.259 e. The summed E-state index contributed by atoms with van der Waals surface area (Å²) in [5, 5.41) is 9.43. The van der Waals surface area contributed by atoms with Crippen LogP contribution in [0.1, 0.15) is 32.1 Å². The summed E-state index contributed by atoms with van der Waals surface area (Å²) >= 11 is 0. The number of methoxy groups -OCH3 is 1. The van der Waals surface area contributed by atoms with Gasteiger partial charge >= 0.3 is 0 Å². The van der Waals surface area contributed by atoms with Gasteiger partial charge in [0.15, 0.2) is 0 Å². The van der Waals surface area contributed by atoms with Crippen molar-refractivity contribution >= 4 is 17.5 Å². The van der Waals surface area contributed by atoms with Crippen molar-refractivity contribution in [1.29, 1.82) is 0 Å². The number of hydrogen-bond donors (Lipinski definition) is 3. The number of nitrogens with two attached hydrogens (primary N) is 1. The van der Waals surface area contributed by atoms with Crippen molar-refractivity contribution in [2.45, 2.75) is 13.8 Å². The number of aromatic amines is 1. The predicted molar refractivity (Wildman–Crippen MR) is 77.5 cm³/mol. The molecule has 0 radical (unpaired) electrons. The van der Waals surface area contributed by atoms with E-state index >= 15 is 0 Å². The van der Waals surface area contributed by atoms with E-state index < -0.39 is 5.91 Å². The molecule has 7 heteroatoms. The lowest BCUT2D eigenvalue weighted by molar-refractivity contribution is 0.0995. The fourth-order valence-corrected chi connectivity index (χ4v) is 2.03. The van der Waals surface area contributed by atoms with Gasteiger partial charge in [0.1, 0.15) is 5.75 Å². The number of aryl methyl sites for hydroxylation is 2. The van der Waals surface area contributed by atoms with Crippen LogP contribution in [0.5, 0.6) is 5.75 Å². The molecular weight excluding hydrogens is 272 g/mol. The normalized spacial score (nSPS) is 10.2. The summed E-state index contributed by atoms with van der Waals surface area (Å²) in [6.07, 6.45) is 0. The van der Waals surface area contributed by atoms with Crippen molar-refractivity contribution in [2.24, 2.45) is 5.73 Å². The van der Waals surface area contributed by atoms with Gasteiger partial charge in [-0.1, -0.05) is 0 Å². The highest BCUT2D eigenvalue weighted by atomic mass is 16.5. The molecule has 0 spiro atoms. The van der Waals surface area contributed by atoms with Crippen LogP contribution in [0.4, 0.5) is 5.69 Å².